The molecular weight excluding hydrogens is 184 g/mol. The average molecular weight is 210 g/mol. The normalized spacial score (nSPS) is 12.7. The molecule has 88 valence electrons. The van der Waals surface area contributed by atoms with E-state index in [-0.39, 0.29) is 12.0 Å². The first-order valence-corrected chi connectivity index (χ1v) is 6.19. The van der Waals surface area contributed by atoms with Gasteiger partial charge in [0.05, 0.1) is 6.10 Å². The average Bonchev–Trinajstić information content (AvgIpc) is 2.25. The molecule has 0 bridgehead atoms. The van der Waals surface area contributed by atoms with Crippen molar-refractivity contribution in [1.82, 2.24) is 0 Å². The molecule has 0 aromatic carbocycles. The Hall–Kier alpha value is -0.560. The van der Waals surface area contributed by atoms with Crippen LogP contribution in [0.3, 0.4) is 0 Å². The number of aliphatic hydroxyl groups excluding tert-OH is 1. The van der Waals surface area contributed by atoms with Crippen LogP contribution in [-0.4, -0.2) is 11.2 Å². The SMILES string of the molecule is C=CC(C=C)[C@H](O)CCCCCCCC. The molecule has 0 fully saturated rings. The summed E-state index contributed by atoms with van der Waals surface area (Å²) in [7, 11) is 0. The third kappa shape index (κ3) is 7.38. The maximum atomic E-state index is 9.77. The summed E-state index contributed by atoms with van der Waals surface area (Å²) in [6.45, 7) is 9.61. The van der Waals surface area contributed by atoms with Gasteiger partial charge in [0.15, 0.2) is 0 Å². The van der Waals surface area contributed by atoms with Crippen LogP contribution in [0.4, 0.5) is 0 Å². The summed E-state index contributed by atoms with van der Waals surface area (Å²) >= 11 is 0. The van der Waals surface area contributed by atoms with Gasteiger partial charge in [-0.05, 0) is 6.42 Å². The first-order chi connectivity index (χ1) is 7.26. The van der Waals surface area contributed by atoms with Gasteiger partial charge in [0.1, 0.15) is 0 Å². The number of hydrogen-bond donors (Lipinski definition) is 1. The molecule has 0 aliphatic carbocycles. The van der Waals surface area contributed by atoms with E-state index in [2.05, 4.69) is 20.1 Å². The van der Waals surface area contributed by atoms with Crippen molar-refractivity contribution in [2.45, 2.75) is 58.0 Å². The minimum atomic E-state index is -0.286. The van der Waals surface area contributed by atoms with E-state index >= 15 is 0 Å². The molecule has 15 heavy (non-hydrogen) atoms. The molecule has 0 aliphatic heterocycles. The Morgan fingerprint density at radius 2 is 1.53 bits per heavy atom. The fourth-order valence-electron chi connectivity index (χ4n) is 1.74. The molecule has 0 aromatic heterocycles. The summed E-state index contributed by atoms with van der Waals surface area (Å²) in [6, 6.07) is 0. The second-order valence-electron chi connectivity index (χ2n) is 4.17. The molecule has 0 saturated heterocycles. The van der Waals surface area contributed by atoms with E-state index in [0.29, 0.717) is 0 Å². The van der Waals surface area contributed by atoms with Crippen molar-refractivity contribution in [3.8, 4) is 0 Å². The van der Waals surface area contributed by atoms with Crippen molar-refractivity contribution >= 4 is 0 Å². The van der Waals surface area contributed by atoms with Gasteiger partial charge in [0.25, 0.3) is 0 Å². The Kier molecular flexibility index (Phi) is 9.60. The molecule has 0 amide bonds. The van der Waals surface area contributed by atoms with E-state index in [1.165, 1.54) is 32.1 Å². The molecule has 0 unspecified atom stereocenters. The zero-order valence-corrected chi connectivity index (χ0v) is 10.1. The molecule has 0 spiro atoms. The van der Waals surface area contributed by atoms with Gasteiger partial charge >= 0.3 is 0 Å². The Morgan fingerprint density at radius 3 is 2.07 bits per heavy atom. The molecule has 0 saturated carbocycles. The summed E-state index contributed by atoms with van der Waals surface area (Å²) in [5.74, 6) is 0.0561. The standard InChI is InChI=1S/C14H26O/c1-4-7-8-9-10-11-12-14(15)13(5-2)6-3/h5-6,13-15H,2-4,7-12H2,1H3/t14-/m1/s1. The van der Waals surface area contributed by atoms with Crippen molar-refractivity contribution in [2.24, 2.45) is 5.92 Å². The zero-order chi connectivity index (χ0) is 11.5. The van der Waals surface area contributed by atoms with E-state index in [1.54, 1.807) is 12.2 Å². The predicted octanol–water partition coefficient (Wildman–Crippen LogP) is 4.09. The van der Waals surface area contributed by atoms with E-state index in [0.717, 1.165) is 12.8 Å². The molecule has 0 heterocycles. The fourth-order valence-corrected chi connectivity index (χ4v) is 1.74. The smallest absolute Gasteiger partial charge is 0.0637 e. The predicted molar refractivity (Wildman–Crippen MR) is 67.9 cm³/mol. The summed E-state index contributed by atoms with van der Waals surface area (Å²) in [6.07, 6.45) is 11.7. The van der Waals surface area contributed by atoms with Gasteiger partial charge < -0.3 is 5.11 Å². The summed E-state index contributed by atoms with van der Waals surface area (Å²) < 4.78 is 0. The fraction of sp³-hybridized carbons (Fsp3) is 0.714. The summed E-state index contributed by atoms with van der Waals surface area (Å²) in [5, 5.41) is 9.77. The molecule has 1 atom stereocenters. The Bertz CT molecular complexity index is 155. The first-order valence-electron chi connectivity index (χ1n) is 6.19. The van der Waals surface area contributed by atoms with Crippen LogP contribution in [0.1, 0.15) is 51.9 Å². The highest BCUT2D eigenvalue weighted by Crippen LogP contribution is 2.15. The van der Waals surface area contributed by atoms with Gasteiger partial charge in [0, 0.05) is 5.92 Å². The van der Waals surface area contributed by atoms with Gasteiger partial charge in [-0.2, -0.15) is 0 Å². The van der Waals surface area contributed by atoms with Crippen molar-refractivity contribution in [3.05, 3.63) is 25.3 Å². The second-order valence-corrected chi connectivity index (χ2v) is 4.17. The topological polar surface area (TPSA) is 20.2 Å². The maximum absolute atomic E-state index is 9.77. The van der Waals surface area contributed by atoms with Crippen LogP contribution in [-0.2, 0) is 0 Å². The van der Waals surface area contributed by atoms with E-state index in [1.807, 2.05) is 0 Å². The van der Waals surface area contributed by atoms with Gasteiger partial charge in [-0.25, -0.2) is 0 Å². The second kappa shape index (κ2) is 9.97. The lowest BCUT2D eigenvalue weighted by atomic mass is 9.97. The molecule has 0 aliphatic rings. The van der Waals surface area contributed by atoms with Crippen molar-refractivity contribution < 1.29 is 5.11 Å². The molecule has 1 N–H and O–H groups in total. The highest BCUT2D eigenvalue weighted by molar-refractivity contribution is 4.96. The van der Waals surface area contributed by atoms with Gasteiger partial charge in [-0.15, -0.1) is 13.2 Å². The highest BCUT2D eigenvalue weighted by atomic mass is 16.3. The number of aliphatic hydroxyl groups is 1. The molecule has 1 nitrogen and oxygen atoms in total. The monoisotopic (exact) mass is 210 g/mol. The third-order valence-electron chi connectivity index (χ3n) is 2.84. The van der Waals surface area contributed by atoms with Gasteiger partial charge in [0.2, 0.25) is 0 Å². The van der Waals surface area contributed by atoms with E-state index in [9.17, 15) is 5.11 Å². The summed E-state index contributed by atoms with van der Waals surface area (Å²) in [4.78, 5) is 0. The molecule has 0 radical (unpaired) electrons. The largest absolute Gasteiger partial charge is 0.392 e. The number of rotatable bonds is 10. The van der Waals surface area contributed by atoms with E-state index < -0.39 is 0 Å². The Morgan fingerprint density at radius 1 is 1.00 bits per heavy atom. The minimum Gasteiger partial charge on any atom is -0.392 e. The van der Waals surface area contributed by atoms with Crippen molar-refractivity contribution in [2.75, 3.05) is 0 Å². The van der Waals surface area contributed by atoms with Crippen LogP contribution in [0.25, 0.3) is 0 Å². The van der Waals surface area contributed by atoms with Crippen LogP contribution in [0.15, 0.2) is 25.3 Å². The van der Waals surface area contributed by atoms with Crippen LogP contribution in [0.2, 0.25) is 0 Å². The van der Waals surface area contributed by atoms with Gasteiger partial charge in [-0.3, -0.25) is 0 Å². The van der Waals surface area contributed by atoms with Crippen LogP contribution in [0, 0.1) is 5.92 Å². The highest BCUT2D eigenvalue weighted by Gasteiger charge is 2.11. The molecular formula is C14H26O. The number of hydrogen-bond acceptors (Lipinski definition) is 1. The Labute approximate surface area is 94.9 Å². The van der Waals surface area contributed by atoms with Crippen molar-refractivity contribution in [1.29, 1.82) is 0 Å². The first kappa shape index (κ1) is 14.4. The van der Waals surface area contributed by atoms with Crippen LogP contribution < -0.4 is 0 Å². The Balaban J connectivity index is 3.41. The third-order valence-corrected chi connectivity index (χ3v) is 2.84. The quantitative estimate of drug-likeness (QED) is 0.425. The molecule has 0 rings (SSSR count). The minimum absolute atomic E-state index is 0.0561. The van der Waals surface area contributed by atoms with Crippen LogP contribution >= 0.6 is 0 Å². The lowest BCUT2D eigenvalue weighted by Gasteiger charge is -2.15. The van der Waals surface area contributed by atoms with Crippen molar-refractivity contribution in [3.63, 3.8) is 0 Å². The zero-order valence-electron chi connectivity index (χ0n) is 10.1. The number of unbranched alkanes of at least 4 members (excludes halogenated alkanes) is 5. The van der Waals surface area contributed by atoms with Crippen LogP contribution in [0.5, 0.6) is 0 Å². The molecule has 1 heteroatoms. The maximum Gasteiger partial charge on any atom is 0.0637 e. The molecule has 0 aromatic rings. The summed E-state index contributed by atoms with van der Waals surface area (Å²) in [5.41, 5.74) is 0. The van der Waals surface area contributed by atoms with E-state index in [4.69, 9.17) is 0 Å². The lowest BCUT2D eigenvalue weighted by Crippen LogP contribution is -2.15. The lowest BCUT2D eigenvalue weighted by molar-refractivity contribution is 0.135. The van der Waals surface area contributed by atoms with Gasteiger partial charge in [-0.1, -0.05) is 57.6 Å².